The first-order valence-electron chi connectivity index (χ1n) is 14.0. The Kier molecular flexibility index (Phi) is 8.98. The number of carbonyl (C=O) groups excluding carboxylic acids is 1. The lowest BCUT2D eigenvalue weighted by atomic mass is 9.69. The van der Waals surface area contributed by atoms with Crippen LogP contribution in [0, 0.1) is 5.92 Å². The van der Waals surface area contributed by atoms with Crippen molar-refractivity contribution in [1.82, 2.24) is 0 Å². The van der Waals surface area contributed by atoms with Crippen LogP contribution in [0.3, 0.4) is 0 Å². The van der Waals surface area contributed by atoms with Crippen LogP contribution in [0.15, 0.2) is 148 Å². The molecule has 2 unspecified atom stereocenters. The lowest BCUT2D eigenvalue weighted by Crippen LogP contribution is -2.21. The fraction of sp³-hybridized carbons (Fsp3) is 0.184. The van der Waals surface area contributed by atoms with Crippen LogP contribution in [0.4, 0.5) is 0 Å². The molecule has 2 aliphatic carbocycles. The fourth-order valence-corrected chi connectivity index (χ4v) is 6.17. The Morgan fingerprint density at radius 3 is 2.25 bits per heavy atom. The number of hydrogen-bond acceptors (Lipinski definition) is 2. The summed E-state index contributed by atoms with van der Waals surface area (Å²) in [4.78, 5) is 14.2. The Morgan fingerprint density at radius 1 is 0.850 bits per heavy atom. The van der Waals surface area contributed by atoms with Gasteiger partial charge in [-0.25, -0.2) is 0 Å². The third-order valence-electron chi connectivity index (χ3n) is 7.85. The number of benzene rings is 3. The van der Waals surface area contributed by atoms with Gasteiger partial charge in [0.1, 0.15) is 0 Å². The summed E-state index contributed by atoms with van der Waals surface area (Å²) in [5, 5.41) is 2.01. The molecule has 0 spiro atoms. The van der Waals surface area contributed by atoms with E-state index in [9.17, 15) is 4.79 Å². The molecule has 0 heterocycles. The molecule has 0 N–H and O–H groups in total. The van der Waals surface area contributed by atoms with Crippen molar-refractivity contribution in [2.45, 2.75) is 39.5 Å². The fourth-order valence-electron chi connectivity index (χ4n) is 5.56. The first-order chi connectivity index (χ1) is 19.5. The first-order valence-corrected chi connectivity index (χ1v) is 14.9. The molecule has 0 saturated heterocycles. The van der Waals surface area contributed by atoms with Gasteiger partial charge in [0, 0.05) is 23.0 Å². The number of ketones is 1. The number of allylic oxidation sites excluding steroid dienone is 11. The van der Waals surface area contributed by atoms with Gasteiger partial charge in [-0.3, -0.25) is 4.79 Å². The van der Waals surface area contributed by atoms with Gasteiger partial charge in [0.2, 0.25) is 0 Å². The predicted octanol–water partition coefficient (Wildman–Crippen LogP) is 10.3. The second kappa shape index (κ2) is 13.0. The maximum atomic E-state index is 13.1. The summed E-state index contributed by atoms with van der Waals surface area (Å²) in [6.07, 6.45) is 15.6. The minimum absolute atomic E-state index is 0.0867. The van der Waals surface area contributed by atoms with Gasteiger partial charge in [-0.1, -0.05) is 127 Å². The second-order valence-electron chi connectivity index (χ2n) is 10.4. The molecule has 3 aromatic rings. The van der Waals surface area contributed by atoms with Crippen LogP contribution in [0.25, 0.3) is 5.57 Å². The summed E-state index contributed by atoms with van der Waals surface area (Å²) >= 11 is 1.60. The molecule has 0 saturated carbocycles. The van der Waals surface area contributed by atoms with Crippen LogP contribution >= 0.6 is 11.8 Å². The summed E-state index contributed by atoms with van der Waals surface area (Å²) in [6.45, 7) is 5.91. The SMILES string of the molecule is CC=CS/C(C)=C(/C)C(=O)c1ccc(C2=CC3=CC=CC(c4ccccc4)C3C(CCc3ccccc3)=C2)cc1. The molecule has 2 aliphatic rings. The van der Waals surface area contributed by atoms with E-state index in [4.69, 9.17) is 0 Å². The minimum atomic E-state index is 0.0867. The summed E-state index contributed by atoms with van der Waals surface area (Å²) < 4.78 is 0. The summed E-state index contributed by atoms with van der Waals surface area (Å²) in [7, 11) is 0. The van der Waals surface area contributed by atoms with Gasteiger partial charge in [-0.2, -0.15) is 0 Å². The van der Waals surface area contributed by atoms with E-state index in [0.29, 0.717) is 11.8 Å². The van der Waals surface area contributed by atoms with E-state index in [2.05, 4.69) is 103 Å². The van der Waals surface area contributed by atoms with Crippen molar-refractivity contribution in [2.75, 3.05) is 0 Å². The third-order valence-corrected chi connectivity index (χ3v) is 8.92. The number of fused-ring (bicyclic) bond motifs is 1. The number of aryl methyl sites for hydroxylation is 1. The summed E-state index contributed by atoms with van der Waals surface area (Å²) in [5.74, 6) is 0.731. The predicted molar refractivity (Wildman–Crippen MR) is 172 cm³/mol. The molecule has 0 aliphatic heterocycles. The quantitative estimate of drug-likeness (QED) is 0.198. The van der Waals surface area contributed by atoms with E-state index in [0.717, 1.165) is 34.4 Å². The molecule has 0 amide bonds. The first kappa shape index (κ1) is 27.7. The Bertz CT molecular complexity index is 1530. The van der Waals surface area contributed by atoms with Gasteiger partial charge in [0.15, 0.2) is 5.78 Å². The van der Waals surface area contributed by atoms with Crippen LogP contribution in [-0.2, 0) is 6.42 Å². The lowest BCUT2D eigenvalue weighted by Gasteiger charge is -2.34. The van der Waals surface area contributed by atoms with E-state index in [1.165, 1.54) is 27.8 Å². The van der Waals surface area contributed by atoms with Gasteiger partial charge in [0.25, 0.3) is 0 Å². The Labute approximate surface area is 243 Å². The van der Waals surface area contributed by atoms with Crippen molar-refractivity contribution in [3.63, 3.8) is 0 Å². The summed E-state index contributed by atoms with van der Waals surface area (Å²) in [5.41, 5.74) is 9.40. The zero-order valence-corrected chi connectivity index (χ0v) is 24.3. The molecule has 0 bridgehead atoms. The topological polar surface area (TPSA) is 17.1 Å². The van der Waals surface area contributed by atoms with Crippen molar-refractivity contribution < 1.29 is 4.79 Å². The molecule has 0 radical (unpaired) electrons. The van der Waals surface area contributed by atoms with E-state index in [1.54, 1.807) is 11.8 Å². The molecule has 40 heavy (non-hydrogen) atoms. The highest BCUT2D eigenvalue weighted by Gasteiger charge is 2.31. The highest BCUT2D eigenvalue weighted by Crippen LogP contribution is 2.45. The zero-order valence-electron chi connectivity index (χ0n) is 23.5. The van der Waals surface area contributed by atoms with Crippen LogP contribution in [0.2, 0.25) is 0 Å². The van der Waals surface area contributed by atoms with E-state index in [1.807, 2.05) is 44.4 Å². The van der Waals surface area contributed by atoms with E-state index in [-0.39, 0.29) is 5.78 Å². The largest absolute Gasteiger partial charge is 0.289 e. The smallest absolute Gasteiger partial charge is 0.189 e. The van der Waals surface area contributed by atoms with E-state index < -0.39 is 0 Å². The second-order valence-corrected chi connectivity index (χ2v) is 11.6. The van der Waals surface area contributed by atoms with E-state index >= 15 is 0 Å². The average molecular weight is 541 g/mol. The lowest BCUT2D eigenvalue weighted by molar-refractivity contribution is 0.103. The highest BCUT2D eigenvalue weighted by atomic mass is 32.2. The van der Waals surface area contributed by atoms with Gasteiger partial charge in [-0.05, 0) is 71.8 Å². The van der Waals surface area contributed by atoms with Crippen LogP contribution in [-0.4, -0.2) is 5.78 Å². The Balaban J connectivity index is 1.45. The van der Waals surface area contributed by atoms with Gasteiger partial charge >= 0.3 is 0 Å². The van der Waals surface area contributed by atoms with Crippen LogP contribution < -0.4 is 0 Å². The highest BCUT2D eigenvalue weighted by molar-refractivity contribution is 8.05. The number of carbonyl (C=O) groups is 1. The zero-order chi connectivity index (χ0) is 27.9. The van der Waals surface area contributed by atoms with Crippen LogP contribution in [0.1, 0.15) is 60.2 Å². The molecule has 3 aromatic carbocycles. The number of rotatable bonds is 9. The molecule has 200 valence electrons. The molecule has 0 fully saturated rings. The molecule has 1 nitrogen and oxygen atoms in total. The average Bonchev–Trinajstić information content (AvgIpc) is 3.02. The summed E-state index contributed by atoms with van der Waals surface area (Å²) in [6, 6.07) is 29.8. The molecule has 0 aromatic heterocycles. The Morgan fingerprint density at radius 2 is 1.55 bits per heavy atom. The molecule has 5 rings (SSSR count). The van der Waals surface area contributed by atoms with Crippen molar-refractivity contribution in [3.05, 3.63) is 171 Å². The number of thioether (sulfide) groups is 1. The third kappa shape index (κ3) is 6.29. The molecule has 2 heteroatoms. The van der Waals surface area contributed by atoms with Crippen molar-refractivity contribution in [3.8, 4) is 0 Å². The number of hydrogen-bond donors (Lipinski definition) is 0. The van der Waals surface area contributed by atoms with Gasteiger partial charge in [0.05, 0.1) is 0 Å². The monoisotopic (exact) mass is 540 g/mol. The van der Waals surface area contributed by atoms with Crippen LogP contribution in [0.5, 0.6) is 0 Å². The maximum Gasteiger partial charge on any atom is 0.189 e. The number of Topliss-reactive ketones (excluding diaryl/α,β-unsaturated/α-hetero) is 1. The molecule has 2 atom stereocenters. The van der Waals surface area contributed by atoms with Crippen molar-refractivity contribution >= 4 is 23.1 Å². The van der Waals surface area contributed by atoms with Crippen molar-refractivity contribution in [1.29, 1.82) is 0 Å². The molecular formula is C38H36OS. The molecular weight excluding hydrogens is 504 g/mol. The Hall–Kier alpha value is -3.88. The van der Waals surface area contributed by atoms with Gasteiger partial charge in [-0.15, -0.1) is 11.8 Å². The minimum Gasteiger partial charge on any atom is -0.289 e. The van der Waals surface area contributed by atoms with Crippen molar-refractivity contribution in [2.24, 2.45) is 5.92 Å². The maximum absolute atomic E-state index is 13.1. The van der Waals surface area contributed by atoms with Gasteiger partial charge < -0.3 is 0 Å². The standard InChI is InChI=1S/C38H36OS/c1-4-24-40-28(3)27(2)38(39)32-22-20-30(21-23-32)35-25-33-16-11-17-36(31-14-9-6-10-15-31)37(33)34(26-35)19-18-29-12-7-5-8-13-29/h4-17,20-26,36-37H,18-19H2,1-3H3/b24-4?,28-27-. The normalized spacial score (nSPS) is 18.9.